The second-order valence-electron chi connectivity index (χ2n) is 3.99. The fourth-order valence-corrected chi connectivity index (χ4v) is 2.71. The summed E-state index contributed by atoms with van der Waals surface area (Å²) in [7, 11) is 0. The Hall–Kier alpha value is -1.36. The maximum Gasteiger partial charge on any atom is 0.233 e. The zero-order valence-corrected chi connectivity index (χ0v) is 13.1. The first-order chi connectivity index (χ1) is 9.65. The van der Waals surface area contributed by atoms with E-state index in [-0.39, 0.29) is 0 Å². The minimum absolute atomic E-state index is 0.420. The third kappa shape index (κ3) is 2.59. The van der Waals surface area contributed by atoms with Gasteiger partial charge >= 0.3 is 0 Å². The lowest BCUT2D eigenvalue weighted by Crippen LogP contribution is -1.91. The van der Waals surface area contributed by atoms with Crippen LogP contribution in [0.4, 0.5) is 0 Å². The Kier molecular flexibility index (Phi) is 3.78. The van der Waals surface area contributed by atoms with Crippen molar-refractivity contribution in [2.24, 2.45) is 0 Å². The standard InChI is InChI=1S/C14H7BrCl2N2O/c15-10-6-8(16)7-19-14(10)20-12-4-3-11(17)9-2-1-5-18-13(9)12/h1-7H. The van der Waals surface area contributed by atoms with Crippen molar-refractivity contribution in [3.05, 3.63) is 57.2 Å². The van der Waals surface area contributed by atoms with Gasteiger partial charge in [0.1, 0.15) is 5.52 Å². The van der Waals surface area contributed by atoms with Crippen molar-refractivity contribution in [1.82, 2.24) is 9.97 Å². The van der Waals surface area contributed by atoms with Crippen molar-refractivity contribution in [3.8, 4) is 11.6 Å². The van der Waals surface area contributed by atoms with E-state index in [1.54, 1.807) is 24.4 Å². The van der Waals surface area contributed by atoms with Crippen LogP contribution in [0.3, 0.4) is 0 Å². The highest BCUT2D eigenvalue weighted by Gasteiger charge is 2.10. The van der Waals surface area contributed by atoms with E-state index < -0.39 is 0 Å². The number of ether oxygens (including phenoxy) is 1. The molecule has 0 amide bonds. The Morgan fingerprint density at radius 2 is 1.95 bits per heavy atom. The topological polar surface area (TPSA) is 35.0 Å². The average molecular weight is 370 g/mol. The number of benzene rings is 1. The van der Waals surface area contributed by atoms with Crippen molar-refractivity contribution in [1.29, 1.82) is 0 Å². The highest BCUT2D eigenvalue weighted by molar-refractivity contribution is 9.10. The van der Waals surface area contributed by atoms with E-state index in [1.165, 1.54) is 6.20 Å². The van der Waals surface area contributed by atoms with Gasteiger partial charge in [-0.1, -0.05) is 23.2 Å². The third-order valence-electron chi connectivity index (χ3n) is 2.66. The second-order valence-corrected chi connectivity index (χ2v) is 5.69. The van der Waals surface area contributed by atoms with Gasteiger partial charge in [0.05, 0.1) is 14.5 Å². The summed E-state index contributed by atoms with van der Waals surface area (Å²) in [5.74, 6) is 1.00. The third-order valence-corrected chi connectivity index (χ3v) is 3.76. The van der Waals surface area contributed by atoms with Crippen molar-refractivity contribution >= 4 is 50.0 Å². The Morgan fingerprint density at radius 3 is 2.75 bits per heavy atom. The molecule has 100 valence electrons. The van der Waals surface area contributed by atoms with E-state index >= 15 is 0 Å². The van der Waals surface area contributed by atoms with Crippen LogP contribution in [0.25, 0.3) is 10.9 Å². The lowest BCUT2D eigenvalue weighted by molar-refractivity contribution is 0.464. The molecule has 1 aromatic carbocycles. The molecule has 0 aliphatic carbocycles. The van der Waals surface area contributed by atoms with E-state index in [4.69, 9.17) is 27.9 Å². The van der Waals surface area contributed by atoms with Gasteiger partial charge in [-0.15, -0.1) is 0 Å². The van der Waals surface area contributed by atoms with Gasteiger partial charge in [-0.25, -0.2) is 4.98 Å². The molecule has 3 aromatic rings. The number of hydrogen-bond donors (Lipinski definition) is 0. The van der Waals surface area contributed by atoms with Crippen molar-refractivity contribution in [2.75, 3.05) is 0 Å². The number of hydrogen-bond acceptors (Lipinski definition) is 3. The van der Waals surface area contributed by atoms with Gasteiger partial charge in [-0.2, -0.15) is 0 Å². The highest BCUT2D eigenvalue weighted by Crippen LogP contribution is 2.35. The number of pyridine rings is 2. The monoisotopic (exact) mass is 368 g/mol. The smallest absolute Gasteiger partial charge is 0.233 e. The molecule has 0 saturated heterocycles. The Labute approximate surface area is 133 Å². The van der Waals surface area contributed by atoms with Crippen molar-refractivity contribution < 1.29 is 4.74 Å². The van der Waals surface area contributed by atoms with Crippen LogP contribution in [0.5, 0.6) is 11.6 Å². The molecule has 3 rings (SSSR count). The van der Waals surface area contributed by atoms with Gasteiger partial charge < -0.3 is 4.74 Å². The molecule has 0 N–H and O–H groups in total. The first-order valence-electron chi connectivity index (χ1n) is 5.67. The molecule has 0 fully saturated rings. The fourth-order valence-electron chi connectivity index (χ4n) is 1.78. The summed E-state index contributed by atoms with van der Waals surface area (Å²) < 4.78 is 6.47. The number of aromatic nitrogens is 2. The minimum Gasteiger partial charge on any atom is -0.436 e. The highest BCUT2D eigenvalue weighted by atomic mass is 79.9. The first-order valence-corrected chi connectivity index (χ1v) is 7.22. The summed E-state index contributed by atoms with van der Waals surface area (Å²) in [4.78, 5) is 8.45. The largest absolute Gasteiger partial charge is 0.436 e. The lowest BCUT2D eigenvalue weighted by Gasteiger charge is -2.09. The number of halogens is 3. The molecule has 0 atom stereocenters. The van der Waals surface area contributed by atoms with Gasteiger partial charge in [0, 0.05) is 17.8 Å². The summed E-state index contributed by atoms with van der Waals surface area (Å²) in [6.45, 7) is 0. The molecule has 0 aliphatic rings. The van der Waals surface area contributed by atoms with Gasteiger partial charge in [-0.05, 0) is 46.3 Å². The molecule has 0 bridgehead atoms. The summed E-state index contributed by atoms with van der Waals surface area (Å²) in [6, 6.07) is 8.97. The zero-order chi connectivity index (χ0) is 14.1. The van der Waals surface area contributed by atoms with E-state index in [2.05, 4.69) is 25.9 Å². The van der Waals surface area contributed by atoms with Gasteiger partial charge in [0.15, 0.2) is 5.75 Å². The van der Waals surface area contributed by atoms with Crippen LogP contribution in [0, 0.1) is 0 Å². The first kappa shape index (κ1) is 13.6. The molecule has 6 heteroatoms. The predicted molar refractivity (Wildman–Crippen MR) is 83.8 cm³/mol. The van der Waals surface area contributed by atoms with Gasteiger partial charge in [-0.3, -0.25) is 4.98 Å². The number of rotatable bonds is 2. The molecule has 20 heavy (non-hydrogen) atoms. The molecule has 0 spiro atoms. The molecule has 0 unspecified atom stereocenters. The van der Waals surface area contributed by atoms with Crippen LogP contribution in [0.1, 0.15) is 0 Å². The molecular weight excluding hydrogens is 363 g/mol. The average Bonchev–Trinajstić information content (AvgIpc) is 2.45. The van der Waals surface area contributed by atoms with Crippen LogP contribution in [-0.2, 0) is 0 Å². The molecule has 0 saturated carbocycles. The van der Waals surface area contributed by atoms with Crippen LogP contribution in [-0.4, -0.2) is 9.97 Å². The van der Waals surface area contributed by atoms with Crippen LogP contribution in [0.15, 0.2) is 47.2 Å². The normalized spacial score (nSPS) is 10.8. The summed E-state index contributed by atoms with van der Waals surface area (Å²) >= 11 is 15.4. The van der Waals surface area contributed by atoms with Crippen LogP contribution >= 0.6 is 39.1 Å². The van der Waals surface area contributed by atoms with E-state index in [0.29, 0.717) is 31.7 Å². The van der Waals surface area contributed by atoms with Gasteiger partial charge in [0.25, 0.3) is 0 Å². The van der Waals surface area contributed by atoms with E-state index in [0.717, 1.165) is 5.39 Å². The van der Waals surface area contributed by atoms with E-state index in [1.807, 2.05) is 12.1 Å². The SMILES string of the molecule is Clc1cnc(Oc2ccc(Cl)c3cccnc23)c(Br)c1. The van der Waals surface area contributed by atoms with Crippen LogP contribution < -0.4 is 4.74 Å². The molecule has 3 nitrogen and oxygen atoms in total. The molecule has 0 radical (unpaired) electrons. The van der Waals surface area contributed by atoms with Crippen molar-refractivity contribution in [2.45, 2.75) is 0 Å². The fraction of sp³-hybridized carbons (Fsp3) is 0. The zero-order valence-electron chi connectivity index (χ0n) is 9.98. The molecule has 2 heterocycles. The lowest BCUT2D eigenvalue weighted by atomic mass is 10.2. The van der Waals surface area contributed by atoms with Crippen molar-refractivity contribution in [3.63, 3.8) is 0 Å². The Bertz CT molecular complexity index is 795. The molecule has 2 aromatic heterocycles. The van der Waals surface area contributed by atoms with Crippen LogP contribution in [0.2, 0.25) is 10.0 Å². The Morgan fingerprint density at radius 1 is 1.10 bits per heavy atom. The Balaban J connectivity index is 2.09. The second kappa shape index (κ2) is 5.56. The minimum atomic E-state index is 0.420. The van der Waals surface area contributed by atoms with Gasteiger partial charge in [0.2, 0.25) is 5.88 Å². The molecular formula is C14H7BrCl2N2O. The molecule has 0 aliphatic heterocycles. The quantitative estimate of drug-likeness (QED) is 0.598. The summed E-state index contributed by atoms with van der Waals surface area (Å²) in [5.41, 5.74) is 0.684. The maximum absolute atomic E-state index is 6.15. The van der Waals surface area contributed by atoms with E-state index in [9.17, 15) is 0 Å². The summed E-state index contributed by atoms with van der Waals surface area (Å²) in [6.07, 6.45) is 3.21. The summed E-state index contributed by atoms with van der Waals surface area (Å²) in [5, 5.41) is 1.99. The number of nitrogens with zero attached hydrogens (tertiary/aromatic N) is 2. The number of fused-ring (bicyclic) bond motifs is 1. The predicted octanol–water partition coefficient (Wildman–Crippen LogP) is 5.49. The maximum atomic E-state index is 6.15.